The van der Waals surface area contributed by atoms with Crippen LogP contribution in [-0.4, -0.2) is 43.3 Å². The lowest BCUT2D eigenvalue weighted by Crippen LogP contribution is -2.48. The minimum atomic E-state index is -2.82. The molecule has 0 aliphatic carbocycles. The molecular weight excluding hydrogens is 290 g/mol. The van der Waals surface area contributed by atoms with Gasteiger partial charge in [0.2, 0.25) is 0 Å². The lowest BCUT2D eigenvalue weighted by Gasteiger charge is -2.46. The molecule has 3 rings (SSSR count). The summed E-state index contributed by atoms with van der Waals surface area (Å²) >= 11 is 0. The number of benzene rings is 1. The molecule has 23 heavy (non-hydrogen) atoms. The molecule has 2 aliphatic rings. The van der Waals surface area contributed by atoms with Crippen molar-refractivity contribution in [2.75, 3.05) is 27.2 Å². The number of ether oxygens (including phenoxy) is 2. The number of fused-ring (bicyclic) bond motifs is 3. The van der Waals surface area contributed by atoms with Crippen LogP contribution < -0.4 is 9.47 Å². The summed E-state index contributed by atoms with van der Waals surface area (Å²) in [4.78, 5) is 1.19. The summed E-state index contributed by atoms with van der Waals surface area (Å²) in [6.07, 6.45) is -2.94. The van der Waals surface area contributed by atoms with Crippen LogP contribution in [-0.2, 0) is 6.37 Å². The van der Waals surface area contributed by atoms with E-state index < -0.39 is 32.0 Å². The molecule has 0 radical (unpaired) electrons. The highest BCUT2D eigenvalue weighted by atomic mass is 16.5. The molecule has 0 amide bonds. The highest BCUT2D eigenvalue weighted by Crippen LogP contribution is 2.43. The fourth-order valence-electron chi connectivity index (χ4n) is 3.42. The molecule has 0 spiro atoms. The largest absolute Gasteiger partial charge is 0.493 e. The lowest BCUT2D eigenvalue weighted by molar-refractivity contribution is -0.0191. The van der Waals surface area contributed by atoms with Gasteiger partial charge in [0.1, 0.15) is 0 Å². The molecule has 4 heteroatoms. The van der Waals surface area contributed by atoms with Crippen molar-refractivity contribution in [2.24, 2.45) is 11.8 Å². The van der Waals surface area contributed by atoms with Gasteiger partial charge in [0.05, 0.1) is 25.7 Å². The van der Waals surface area contributed by atoms with Gasteiger partial charge in [-0.3, -0.25) is 4.90 Å². The van der Waals surface area contributed by atoms with Crippen LogP contribution in [0.2, 0.25) is 0 Å². The number of methoxy groups -OCH3 is 2. The van der Waals surface area contributed by atoms with Gasteiger partial charge in [-0.1, -0.05) is 13.8 Å². The molecular formula is C19H29NO3. The summed E-state index contributed by atoms with van der Waals surface area (Å²) in [5, 5.41) is 10.8. The SMILES string of the molecule is [2H]C([2H])([2H])Oc1cc2c(cc1OC)C1([2H])CC(O)C(CC(C)C)CN1C([2H])([2H])C2([2H])[2H]. The Kier molecular flexibility index (Phi) is 2.70. The number of hydrogen-bond donors (Lipinski definition) is 1. The summed E-state index contributed by atoms with van der Waals surface area (Å²) < 4.78 is 75.9. The lowest BCUT2D eigenvalue weighted by atomic mass is 9.79. The molecule has 1 aromatic carbocycles. The van der Waals surface area contributed by atoms with E-state index in [-0.39, 0.29) is 47.4 Å². The monoisotopic (exact) mass is 327 g/mol. The van der Waals surface area contributed by atoms with Crippen LogP contribution in [0, 0.1) is 11.8 Å². The zero-order valence-electron chi connectivity index (χ0n) is 21.7. The minimum Gasteiger partial charge on any atom is -0.493 e. The third kappa shape index (κ3) is 3.20. The molecule has 3 unspecified atom stereocenters. The Labute approximate surface area is 150 Å². The number of rotatable bonds is 4. The maximum absolute atomic E-state index is 10.8. The van der Waals surface area contributed by atoms with Crippen molar-refractivity contribution in [3.05, 3.63) is 23.3 Å². The Morgan fingerprint density at radius 1 is 1.43 bits per heavy atom. The van der Waals surface area contributed by atoms with E-state index >= 15 is 0 Å². The van der Waals surface area contributed by atoms with Crippen molar-refractivity contribution in [3.8, 4) is 11.5 Å². The van der Waals surface area contributed by atoms with E-state index in [9.17, 15) is 5.11 Å². The van der Waals surface area contributed by atoms with Gasteiger partial charge >= 0.3 is 0 Å². The summed E-state index contributed by atoms with van der Waals surface area (Å²) in [5.41, 5.74) is -0.0530. The van der Waals surface area contributed by atoms with E-state index in [0.717, 1.165) is 6.07 Å². The van der Waals surface area contributed by atoms with E-state index in [4.69, 9.17) is 20.4 Å². The van der Waals surface area contributed by atoms with E-state index in [0.29, 0.717) is 6.42 Å². The van der Waals surface area contributed by atoms with Gasteiger partial charge in [0.25, 0.3) is 0 Å². The quantitative estimate of drug-likeness (QED) is 0.923. The number of aryl methyl sites for hydroxylation is 1. The predicted octanol–water partition coefficient (Wildman–Crippen LogP) is 3.03. The third-order valence-electron chi connectivity index (χ3n) is 4.51. The summed E-state index contributed by atoms with van der Waals surface area (Å²) in [7, 11) is -1.52. The van der Waals surface area contributed by atoms with E-state index in [1.807, 2.05) is 13.8 Å². The van der Waals surface area contributed by atoms with Gasteiger partial charge < -0.3 is 14.6 Å². The van der Waals surface area contributed by atoms with Crippen molar-refractivity contribution in [1.82, 2.24) is 4.90 Å². The van der Waals surface area contributed by atoms with Crippen molar-refractivity contribution in [2.45, 2.75) is 45.2 Å². The second kappa shape index (κ2) is 6.70. The highest BCUT2D eigenvalue weighted by Gasteiger charge is 2.38. The predicted molar refractivity (Wildman–Crippen MR) is 91.1 cm³/mol. The van der Waals surface area contributed by atoms with Crippen molar-refractivity contribution >= 4 is 0 Å². The van der Waals surface area contributed by atoms with Crippen LogP contribution in [0.5, 0.6) is 11.5 Å². The van der Waals surface area contributed by atoms with Crippen molar-refractivity contribution in [1.29, 1.82) is 0 Å². The third-order valence-corrected chi connectivity index (χ3v) is 4.51. The molecule has 0 saturated carbocycles. The van der Waals surface area contributed by atoms with Crippen LogP contribution in [0.15, 0.2) is 12.1 Å². The second-order valence-corrected chi connectivity index (χ2v) is 6.61. The van der Waals surface area contributed by atoms with Gasteiger partial charge in [0, 0.05) is 24.5 Å². The molecule has 0 bridgehead atoms. The standard InChI is InChI=1S/C19H29NO3/c1-12(2)7-14-11-20-6-5-13-8-18(22-3)19(23-4)9-15(13)16(20)10-17(14)21/h8-9,12,14,16-17,21H,5-7,10-11H2,1-4H3/i3D3,5D2,6D2,16D. The van der Waals surface area contributed by atoms with Gasteiger partial charge in [-0.2, -0.15) is 0 Å². The van der Waals surface area contributed by atoms with Crippen LogP contribution in [0.1, 0.15) is 54.8 Å². The van der Waals surface area contributed by atoms with Gasteiger partial charge in [0.15, 0.2) is 11.5 Å². The van der Waals surface area contributed by atoms with Crippen LogP contribution in [0.4, 0.5) is 0 Å². The molecule has 2 aliphatic heterocycles. The number of aliphatic hydroxyl groups excluding tert-OH is 1. The highest BCUT2D eigenvalue weighted by molar-refractivity contribution is 5.49. The van der Waals surface area contributed by atoms with E-state index in [1.54, 1.807) is 0 Å². The first-order valence-electron chi connectivity index (χ1n) is 11.9. The smallest absolute Gasteiger partial charge is 0.161 e. The van der Waals surface area contributed by atoms with E-state index in [2.05, 4.69) is 0 Å². The number of nitrogens with zero attached hydrogens (tertiary/aromatic N) is 1. The zero-order valence-corrected chi connectivity index (χ0v) is 13.7. The van der Waals surface area contributed by atoms with Crippen LogP contribution in [0.25, 0.3) is 0 Å². The summed E-state index contributed by atoms with van der Waals surface area (Å²) in [6, 6.07) is 0.681. The van der Waals surface area contributed by atoms with Crippen LogP contribution in [0.3, 0.4) is 0 Å². The Bertz CT molecular complexity index is 844. The van der Waals surface area contributed by atoms with Crippen LogP contribution >= 0.6 is 0 Å². The maximum atomic E-state index is 10.8. The molecule has 0 aromatic heterocycles. The fraction of sp³-hybridized carbons (Fsp3) is 0.684. The molecule has 3 atom stereocenters. The number of piperidine rings is 1. The topological polar surface area (TPSA) is 41.9 Å². The molecule has 128 valence electrons. The second-order valence-electron chi connectivity index (χ2n) is 6.61. The first-order valence-corrected chi connectivity index (χ1v) is 7.92. The fourth-order valence-corrected chi connectivity index (χ4v) is 3.42. The molecule has 1 saturated heterocycles. The van der Waals surface area contributed by atoms with Crippen molar-refractivity contribution < 1.29 is 25.5 Å². The van der Waals surface area contributed by atoms with Gasteiger partial charge in [-0.25, -0.2) is 0 Å². The first kappa shape index (κ1) is 9.28. The maximum Gasteiger partial charge on any atom is 0.161 e. The Hall–Kier alpha value is -1.26. The molecule has 2 heterocycles. The van der Waals surface area contributed by atoms with Gasteiger partial charge in [-0.15, -0.1) is 0 Å². The Balaban J connectivity index is 2.20. The molecule has 1 aromatic rings. The van der Waals surface area contributed by atoms with E-state index in [1.165, 1.54) is 18.1 Å². The normalized spacial score (nSPS) is 40.7. The first-order chi connectivity index (χ1) is 14.0. The summed E-state index contributed by atoms with van der Waals surface area (Å²) in [5.74, 6) is -0.311. The molecule has 1 N–H and O–H groups in total. The Morgan fingerprint density at radius 2 is 2.22 bits per heavy atom. The average Bonchev–Trinajstić information content (AvgIpc) is 2.60. The Morgan fingerprint density at radius 3 is 2.91 bits per heavy atom. The van der Waals surface area contributed by atoms with Crippen molar-refractivity contribution in [3.63, 3.8) is 0 Å². The number of aliphatic hydroxyl groups is 1. The molecule has 4 nitrogen and oxygen atoms in total. The minimum absolute atomic E-state index is 0.00138. The number of hydrogen-bond acceptors (Lipinski definition) is 4. The summed E-state index contributed by atoms with van der Waals surface area (Å²) in [6.45, 7) is 1.42. The van der Waals surface area contributed by atoms with Gasteiger partial charge in [-0.05, 0) is 54.3 Å². The average molecular weight is 327 g/mol. The zero-order chi connectivity index (χ0) is 23.6. The molecule has 1 fully saturated rings.